The predicted molar refractivity (Wildman–Crippen MR) is 85.3 cm³/mol. The van der Waals surface area contributed by atoms with Gasteiger partial charge >= 0.3 is 0 Å². The second-order valence-electron chi connectivity index (χ2n) is 6.05. The summed E-state index contributed by atoms with van der Waals surface area (Å²) in [6, 6.07) is 0.686. The summed E-state index contributed by atoms with van der Waals surface area (Å²) in [6.07, 6.45) is 7.59. The number of rotatable bonds is 5. The zero-order chi connectivity index (χ0) is 14.7. The molecule has 116 valence electrons. The molecule has 2 fully saturated rings. The lowest BCUT2D eigenvalue weighted by atomic mass is 10.1. The fourth-order valence-corrected chi connectivity index (χ4v) is 3.62. The van der Waals surface area contributed by atoms with Crippen molar-refractivity contribution in [2.75, 3.05) is 36.5 Å². The van der Waals surface area contributed by atoms with E-state index in [1.165, 1.54) is 32.4 Å². The van der Waals surface area contributed by atoms with Crippen molar-refractivity contribution in [1.82, 2.24) is 14.9 Å². The van der Waals surface area contributed by atoms with Crippen LogP contribution < -0.4 is 16.2 Å². The number of nitrogens with one attached hydrogen (secondary N) is 1. The largest absolute Gasteiger partial charge is 0.355 e. The second kappa shape index (κ2) is 6.58. The number of nitrogens with two attached hydrogens (primary N) is 1. The van der Waals surface area contributed by atoms with Crippen molar-refractivity contribution < 1.29 is 0 Å². The molecule has 1 unspecified atom stereocenters. The Balaban J connectivity index is 1.77. The molecule has 21 heavy (non-hydrogen) atoms. The summed E-state index contributed by atoms with van der Waals surface area (Å²) in [4.78, 5) is 13.9. The van der Waals surface area contributed by atoms with E-state index in [1.807, 2.05) is 0 Å². The summed E-state index contributed by atoms with van der Waals surface area (Å²) < 4.78 is 0. The number of likely N-dealkylation sites (tertiary alicyclic amines) is 1. The molecule has 6 nitrogen and oxygen atoms in total. The number of aromatic nitrogens is 2. The lowest BCUT2D eigenvalue weighted by Gasteiger charge is -2.25. The highest BCUT2D eigenvalue weighted by Crippen LogP contribution is 2.29. The van der Waals surface area contributed by atoms with Gasteiger partial charge in [0, 0.05) is 24.7 Å². The first-order valence-corrected chi connectivity index (χ1v) is 8.13. The molecule has 1 atom stereocenters. The van der Waals surface area contributed by atoms with Crippen LogP contribution in [0, 0.1) is 0 Å². The molecule has 0 aromatic carbocycles. The minimum atomic E-state index is 0.686. The van der Waals surface area contributed by atoms with Crippen LogP contribution in [0.4, 0.5) is 11.6 Å². The molecule has 1 aromatic rings. The predicted octanol–water partition coefficient (Wildman–Crippen LogP) is 1.39. The van der Waals surface area contributed by atoms with E-state index < -0.39 is 0 Å². The molecule has 2 aliphatic heterocycles. The van der Waals surface area contributed by atoms with Gasteiger partial charge in [-0.05, 0) is 38.8 Å². The molecule has 0 spiro atoms. The highest BCUT2D eigenvalue weighted by molar-refractivity contribution is 5.59. The number of nitrogens with zero attached hydrogens (tertiary/aromatic N) is 4. The molecule has 3 rings (SSSR count). The molecular formula is C15H26N6. The topological polar surface area (TPSA) is 70.3 Å². The van der Waals surface area contributed by atoms with Crippen molar-refractivity contribution >= 4 is 11.6 Å². The zero-order valence-electron chi connectivity index (χ0n) is 12.9. The van der Waals surface area contributed by atoms with E-state index in [1.54, 1.807) is 6.33 Å². The Hall–Kier alpha value is -1.40. The molecule has 2 saturated heterocycles. The first-order valence-electron chi connectivity index (χ1n) is 8.13. The van der Waals surface area contributed by atoms with E-state index in [-0.39, 0.29) is 0 Å². The summed E-state index contributed by atoms with van der Waals surface area (Å²) in [7, 11) is 0. The van der Waals surface area contributed by atoms with E-state index in [0.29, 0.717) is 6.04 Å². The van der Waals surface area contributed by atoms with Gasteiger partial charge in [-0.1, -0.05) is 13.3 Å². The third kappa shape index (κ3) is 2.96. The summed E-state index contributed by atoms with van der Waals surface area (Å²) >= 11 is 0. The van der Waals surface area contributed by atoms with Crippen molar-refractivity contribution in [3.8, 4) is 0 Å². The summed E-state index contributed by atoms with van der Waals surface area (Å²) in [5.41, 5.74) is 3.88. The van der Waals surface area contributed by atoms with Gasteiger partial charge in [-0.15, -0.1) is 0 Å². The van der Waals surface area contributed by atoms with Crippen LogP contribution >= 0.6 is 0 Å². The Kier molecular flexibility index (Phi) is 4.55. The van der Waals surface area contributed by atoms with Gasteiger partial charge in [0.15, 0.2) is 0 Å². The van der Waals surface area contributed by atoms with Crippen LogP contribution in [0.2, 0.25) is 0 Å². The number of anilines is 2. The van der Waals surface area contributed by atoms with E-state index in [4.69, 9.17) is 5.84 Å². The minimum Gasteiger partial charge on any atom is -0.355 e. The standard InChI is InChI=1S/C15H26N6/c1-2-5-13-14(19-16)17-11-18-15(13)21-9-6-12(10-21)20-7-3-4-8-20/h11-12H,2-10,16H2,1H3,(H,17,18,19). The van der Waals surface area contributed by atoms with Crippen molar-refractivity contribution in [2.45, 2.75) is 45.1 Å². The van der Waals surface area contributed by atoms with E-state index in [9.17, 15) is 0 Å². The molecule has 3 N–H and O–H groups in total. The SMILES string of the molecule is CCCc1c(NN)ncnc1N1CCC(N2CCCC2)C1. The van der Waals surface area contributed by atoms with E-state index in [0.717, 1.165) is 43.1 Å². The van der Waals surface area contributed by atoms with Gasteiger partial charge in [0.2, 0.25) is 0 Å². The molecule has 0 bridgehead atoms. The highest BCUT2D eigenvalue weighted by Gasteiger charge is 2.31. The molecule has 1 aromatic heterocycles. The van der Waals surface area contributed by atoms with Gasteiger partial charge in [-0.3, -0.25) is 4.90 Å². The molecule has 0 saturated carbocycles. The average Bonchev–Trinajstić information content (AvgIpc) is 3.18. The zero-order valence-corrected chi connectivity index (χ0v) is 12.9. The lowest BCUT2D eigenvalue weighted by Crippen LogP contribution is -2.35. The second-order valence-corrected chi connectivity index (χ2v) is 6.05. The molecular weight excluding hydrogens is 264 g/mol. The molecule has 0 radical (unpaired) electrons. The van der Waals surface area contributed by atoms with Crippen molar-refractivity contribution in [1.29, 1.82) is 0 Å². The fourth-order valence-electron chi connectivity index (χ4n) is 3.62. The maximum absolute atomic E-state index is 5.61. The summed E-state index contributed by atoms with van der Waals surface area (Å²) in [6.45, 7) is 6.87. The van der Waals surface area contributed by atoms with Crippen LogP contribution in [0.3, 0.4) is 0 Å². The van der Waals surface area contributed by atoms with E-state index in [2.05, 4.69) is 32.1 Å². The average molecular weight is 290 g/mol. The van der Waals surface area contributed by atoms with Gasteiger partial charge < -0.3 is 10.3 Å². The normalized spacial score (nSPS) is 23.0. The van der Waals surface area contributed by atoms with Crippen LogP contribution in [-0.2, 0) is 6.42 Å². The Morgan fingerprint density at radius 2 is 2.10 bits per heavy atom. The van der Waals surface area contributed by atoms with Gasteiger partial charge in [-0.25, -0.2) is 15.8 Å². The van der Waals surface area contributed by atoms with Crippen molar-refractivity contribution in [2.24, 2.45) is 5.84 Å². The van der Waals surface area contributed by atoms with Crippen LogP contribution in [0.15, 0.2) is 6.33 Å². The third-order valence-electron chi connectivity index (χ3n) is 4.68. The van der Waals surface area contributed by atoms with Crippen LogP contribution in [0.5, 0.6) is 0 Å². The van der Waals surface area contributed by atoms with Crippen LogP contribution in [-0.4, -0.2) is 47.1 Å². The molecule has 2 aliphatic rings. The third-order valence-corrected chi connectivity index (χ3v) is 4.68. The Labute approximate surface area is 126 Å². The monoisotopic (exact) mass is 290 g/mol. The van der Waals surface area contributed by atoms with Gasteiger partial charge in [0.1, 0.15) is 18.0 Å². The number of hydrogen-bond acceptors (Lipinski definition) is 6. The summed E-state index contributed by atoms with van der Waals surface area (Å²) in [5.74, 6) is 7.45. The maximum Gasteiger partial charge on any atom is 0.148 e. The number of hydrazine groups is 1. The molecule has 0 amide bonds. The fraction of sp³-hybridized carbons (Fsp3) is 0.733. The smallest absolute Gasteiger partial charge is 0.148 e. The highest BCUT2D eigenvalue weighted by atomic mass is 15.3. The Morgan fingerprint density at radius 1 is 1.29 bits per heavy atom. The first-order chi connectivity index (χ1) is 10.3. The molecule has 6 heteroatoms. The Morgan fingerprint density at radius 3 is 2.81 bits per heavy atom. The molecule has 3 heterocycles. The van der Waals surface area contributed by atoms with E-state index >= 15 is 0 Å². The number of nitrogen functional groups attached to an aromatic ring is 1. The summed E-state index contributed by atoms with van der Waals surface area (Å²) in [5, 5.41) is 0. The first kappa shape index (κ1) is 14.5. The van der Waals surface area contributed by atoms with Crippen LogP contribution in [0.25, 0.3) is 0 Å². The number of hydrogen-bond donors (Lipinski definition) is 2. The van der Waals surface area contributed by atoms with Crippen molar-refractivity contribution in [3.05, 3.63) is 11.9 Å². The Bertz CT molecular complexity index is 471. The quantitative estimate of drug-likeness (QED) is 0.631. The van der Waals surface area contributed by atoms with Gasteiger partial charge in [0.25, 0.3) is 0 Å². The van der Waals surface area contributed by atoms with Gasteiger partial charge in [0.05, 0.1) is 0 Å². The maximum atomic E-state index is 5.61. The molecule has 0 aliphatic carbocycles. The van der Waals surface area contributed by atoms with Gasteiger partial charge in [-0.2, -0.15) is 0 Å². The minimum absolute atomic E-state index is 0.686. The lowest BCUT2D eigenvalue weighted by molar-refractivity contribution is 0.260. The van der Waals surface area contributed by atoms with Crippen molar-refractivity contribution in [3.63, 3.8) is 0 Å². The van der Waals surface area contributed by atoms with Crippen LogP contribution in [0.1, 0.15) is 38.2 Å².